The summed E-state index contributed by atoms with van der Waals surface area (Å²) in [5.74, 6) is 0. The molecule has 21 heavy (non-hydrogen) atoms. The van der Waals surface area contributed by atoms with Crippen molar-refractivity contribution in [1.82, 2.24) is 0 Å². The Morgan fingerprint density at radius 2 is 1.81 bits per heavy atom. The van der Waals surface area contributed by atoms with Gasteiger partial charge in [0.15, 0.2) is 0 Å². The summed E-state index contributed by atoms with van der Waals surface area (Å²) in [5, 5.41) is 14.8. The number of fused-ring (bicyclic) bond motifs is 5. The Morgan fingerprint density at radius 1 is 1.05 bits per heavy atom. The van der Waals surface area contributed by atoms with E-state index in [2.05, 4.69) is 19.0 Å². The summed E-state index contributed by atoms with van der Waals surface area (Å²) in [5.41, 5.74) is 6.48. The third-order valence-electron chi connectivity index (χ3n) is 4.52. The van der Waals surface area contributed by atoms with Gasteiger partial charge in [-0.15, -0.1) is 0 Å². The minimum absolute atomic E-state index is 0.347. The van der Waals surface area contributed by atoms with Gasteiger partial charge < -0.3 is 14.0 Å². The van der Waals surface area contributed by atoms with Gasteiger partial charge in [0, 0.05) is 10.9 Å². The largest absolute Gasteiger partial charge is 0.463 e. The van der Waals surface area contributed by atoms with Gasteiger partial charge in [0.1, 0.15) is 11.2 Å². The van der Waals surface area contributed by atoms with Crippen molar-refractivity contribution >= 4 is 21.9 Å². The molecule has 4 rings (SSSR count). The number of hydrogen-bond acceptors (Lipinski definition) is 4. The lowest BCUT2D eigenvalue weighted by Crippen LogP contribution is -2.17. The first kappa shape index (κ1) is 12.5. The fourth-order valence-electron chi connectivity index (χ4n) is 3.60. The zero-order valence-electron chi connectivity index (χ0n) is 12.2. The molecule has 0 aliphatic heterocycles. The molecule has 0 saturated carbocycles. The van der Waals surface area contributed by atoms with E-state index in [1.807, 2.05) is 6.07 Å². The van der Waals surface area contributed by atoms with Gasteiger partial charge in [-0.2, -0.15) is 0 Å². The molecule has 1 aliphatic carbocycles. The summed E-state index contributed by atoms with van der Waals surface area (Å²) in [6.07, 6.45) is 5.91. The highest BCUT2D eigenvalue weighted by Crippen LogP contribution is 2.36. The van der Waals surface area contributed by atoms with E-state index in [9.17, 15) is 5.21 Å². The molecule has 2 aromatic heterocycles. The lowest BCUT2D eigenvalue weighted by Gasteiger charge is -2.17. The Balaban J connectivity index is 2.28. The van der Waals surface area contributed by atoms with Gasteiger partial charge in [-0.3, -0.25) is 0 Å². The van der Waals surface area contributed by atoms with Gasteiger partial charge in [0.2, 0.25) is 0 Å². The fourth-order valence-corrected chi connectivity index (χ4v) is 3.60. The highest BCUT2D eigenvalue weighted by Gasteiger charge is 2.21. The molecule has 0 saturated heterocycles. The third kappa shape index (κ3) is 1.65. The maximum Gasteiger partial charge on any atom is 0.259 e. The Hall–Kier alpha value is -2.23. The first-order valence-electron chi connectivity index (χ1n) is 7.34. The highest BCUT2D eigenvalue weighted by atomic mass is 16.5. The van der Waals surface area contributed by atoms with E-state index >= 15 is 0 Å². The molecule has 0 amide bonds. The number of aryl methyl sites for hydroxylation is 3. The van der Waals surface area contributed by atoms with E-state index < -0.39 is 0 Å². The number of hydrogen-bond donors (Lipinski definition) is 1. The SMILES string of the molecule is Cc1coc2c1c(C)cc1o/c(=N\O)c3c(c12)CCCC3. The maximum absolute atomic E-state index is 9.25. The zero-order valence-corrected chi connectivity index (χ0v) is 12.2. The number of rotatable bonds is 0. The number of nitrogens with zero attached hydrogens (tertiary/aromatic N) is 1. The molecule has 1 aromatic carbocycles. The van der Waals surface area contributed by atoms with Crippen LogP contribution in [0, 0.1) is 13.8 Å². The van der Waals surface area contributed by atoms with Crippen LogP contribution in [0.3, 0.4) is 0 Å². The molecule has 1 aliphatic rings. The molecule has 0 spiro atoms. The van der Waals surface area contributed by atoms with Gasteiger partial charge in [-0.25, -0.2) is 0 Å². The van der Waals surface area contributed by atoms with E-state index in [0.29, 0.717) is 5.55 Å². The molecule has 4 nitrogen and oxygen atoms in total. The number of benzene rings is 1. The normalized spacial score (nSPS) is 15.8. The monoisotopic (exact) mass is 283 g/mol. The van der Waals surface area contributed by atoms with Crippen LogP contribution < -0.4 is 5.55 Å². The van der Waals surface area contributed by atoms with Crippen LogP contribution in [0.15, 0.2) is 26.3 Å². The summed E-state index contributed by atoms with van der Waals surface area (Å²) in [6.45, 7) is 4.11. The highest BCUT2D eigenvalue weighted by molar-refractivity contribution is 6.06. The third-order valence-corrected chi connectivity index (χ3v) is 4.52. The lowest BCUT2D eigenvalue weighted by molar-refractivity contribution is 0.274. The van der Waals surface area contributed by atoms with Crippen molar-refractivity contribution in [2.45, 2.75) is 39.5 Å². The second-order valence-corrected chi connectivity index (χ2v) is 5.86. The summed E-state index contributed by atoms with van der Waals surface area (Å²) in [6, 6.07) is 2.02. The Morgan fingerprint density at radius 3 is 2.57 bits per heavy atom. The van der Waals surface area contributed by atoms with E-state index in [1.54, 1.807) is 6.26 Å². The van der Waals surface area contributed by atoms with Crippen molar-refractivity contribution in [3.63, 3.8) is 0 Å². The van der Waals surface area contributed by atoms with E-state index in [1.165, 1.54) is 10.9 Å². The quantitative estimate of drug-likeness (QED) is 0.501. The minimum atomic E-state index is 0.347. The molecule has 0 bridgehead atoms. The molecule has 4 heteroatoms. The lowest BCUT2D eigenvalue weighted by atomic mass is 9.89. The molecule has 108 valence electrons. The topological polar surface area (TPSA) is 58.9 Å². The van der Waals surface area contributed by atoms with Gasteiger partial charge in [0.05, 0.1) is 11.6 Å². The molecule has 0 fully saturated rings. The number of furan rings is 1. The van der Waals surface area contributed by atoms with Crippen molar-refractivity contribution < 1.29 is 14.0 Å². The van der Waals surface area contributed by atoms with Crippen molar-refractivity contribution in [2.24, 2.45) is 5.16 Å². The first-order chi connectivity index (χ1) is 10.2. The van der Waals surface area contributed by atoms with E-state index in [0.717, 1.165) is 58.9 Å². The van der Waals surface area contributed by atoms with Crippen molar-refractivity contribution in [3.8, 4) is 0 Å². The smallest absolute Gasteiger partial charge is 0.259 e. The molecular formula is C17H17NO3. The average molecular weight is 283 g/mol. The average Bonchev–Trinajstić information content (AvgIpc) is 2.88. The van der Waals surface area contributed by atoms with Crippen LogP contribution in [0.2, 0.25) is 0 Å². The predicted octanol–water partition coefficient (Wildman–Crippen LogP) is 3.96. The van der Waals surface area contributed by atoms with Crippen molar-refractivity contribution in [2.75, 3.05) is 0 Å². The van der Waals surface area contributed by atoms with Crippen LogP contribution in [-0.2, 0) is 12.8 Å². The molecule has 0 unspecified atom stereocenters. The van der Waals surface area contributed by atoms with Crippen LogP contribution in [0.4, 0.5) is 0 Å². The van der Waals surface area contributed by atoms with Crippen molar-refractivity contribution in [1.29, 1.82) is 0 Å². The molecule has 3 aromatic rings. The summed E-state index contributed by atoms with van der Waals surface area (Å²) in [4.78, 5) is 0. The Labute approximate surface area is 121 Å². The molecule has 1 N–H and O–H groups in total. The minimum Gasteiger partial charge on any atom is -0.463 e. The summed E-state index contributed by atoms with van der Waals surface area (Å²) >= 11 is 0. The van der Waals surface area contributed by atoms with Crippen LogP contribution in [0.5, 0.6) is 0 Å². The summed E-state index contributed by atoms with van der Waals surface area (Å²) < 4.78 is 11.7. The van der Waals surface area contributed by atoms with Crippen LogP contribution in [-0.4, -0.2) is 5.21 Å². The van der Waals surface area contributed by atoms with Crippen LogP contribution in [0.1, 0.15) is 35.1 Å². The van der Waals surface area contributed by atoms with E-state index in [-0.39, 0.29) is 0 Å². The molecule has 0 atom stereocenters. The molecule has 2 heterocycles. The van der Waals surface area contributed by atoms with Gasteiger partial charge in [-0.1, -0.05) is 0 Å². The second kappa shape index (κ2) is 4.38. The molecule has 0 radical (unpaired) electrons. The first-order valence-corrected chi connectivity index (χ1v) is 7.34. The predicted molar refractivity (Wildman–Crippen MR) is 79.5 cm³/mol. The zero-order chi connectivity index (χ0) is 14.6. The van der Waals surface area contributed by atoms with Crippen LogP contribution >= 0.6 is 0 Å². The van der Waals surface area contributed by atoms with Gasteiger partial charge >= 0.3 is 0 Å². The second-order valence-electron chi connectivity index (χ2n) is 5.86. The Kier molecular flexibility index (Phi) is 2.61. The molecular weight excluding hydrogens is 266 g/mol. The standard InChI is InChI=1S/C17H17NO3/c1-9-7-13-15(16-14(9)10(2)8-20-16)11-5-3-4-6-12(11)17(18-19)21-13/h7-8,19H,3-6H2,1-2H3/b18-17-. The maximum atomic E-state index is 9.25. The van der Waals surface area contributed by atoms with E-state index in [4.69, 9.17) is 8.83 Å². The van der Waals surface area contributed by atoms with Gasteiger partial charge in [0.25, 0.3) is 5.55 Å². The van der Waals surface area contributed by atoms with Gasteiger partial charge in [-0.05, 0) is 67.4 Å². The van der Waals surface area contributed by atoms with Crippen LogP contribution in [0.25, 0.3) is 21.9 Å². The Bertz CT molecular complexity index is 931. The summed E-state index contributed by atoms with van der Waals surface area (Å²) in [7, 11) is 0. The fraction of sp³-hybridized carbons (Fsp3) is 0.353. The van der Waals surface area contributed by atoms with Crippen molar-refractivity contribution in [3.05, 3.63) is 40.1 Å².